The molecule has 4 rings (SSSR count). The number of para-hydroxylation sites is 1. The largest absolute Gasteiger partial charge is 0.496 e. The van der Waals surface area contributed by atoms with Crippen molar-refractivity contribution in [2.45, 2.75) is 31.8 Å². The maximum atomic E-state index is 5.46. The topological polar surface area (TPSA) is 37.0 Å². The molecule has 1 aliphatic rings. The summed E-state index contributed by atoms with van der Waals surface area (Å²) in [6, 6.07) is 15.1. The number of nitrogens with one attached hydrogen (secondary N) is 2. The fourth-order valence-electron chi connectivity index (χ4n) is 3.72. The lowest BCUT2D eigenvalue weighted by Gasteiger charge is -2.24. The first-order valence-electron chi connectivity index (χ1n) is 8.41. The Hall–Kier alpha value is -1.78. The van der Waals surface area contributed by atoms with E-state index in [1.54, 1.807) is 7.11 Å². The summed E-state index contributed by atoms with van der Waals surface area (Å²) in [5.74, 6) is 0.946. The highest BCUT2D eigenvalue weighted by molar-refractivity contribution is 9.10. The maximum Gasteiger partial charge on any atom is 0.123 e. The predicted octanol–water partition coefficient (Wildman–Crippen LogP) is 5.11. The number of aryl methyl sites for hydroxylation is 1. The first kappa shape index (κ1) is 15.7. The van der Waals surface area contributed by atoms with E-state index in [4.69, 9.17) is 4.74 Å². The Kier molecular flexibility index (Phi) is 4.33. The van der Waals surface area contributed by atoms with E-state index in [0.717, 1.165) is 29.6 Å². The number of hydrogen-bond donors (Lipinski definition) is 2. The Bertz CT molecular complexity index is 871. The molecule has 1 aliphatic carbocycles. The molecule has 0 bridgehead atoms. The van der Waals surface area contributed by atoms with E-state index in [-0.39, 0.29) is 0 Å². The minimum Gasteiger partial charge on any atom is -0.496 e. The molecule has 1 aromatic heterocycles. The van der Waals surface area contributed by atoms with Gasteiger partial charge in [-0.25, -0.2) is 0 Å². The maximum absolute atomic E-state index is 5.46. The van der Waals surface area contributed by atoms with Crippen LogP contribution in [0.3, 0.4) is 0 Å². The molecule has 0 saturated carbocycles. The van der Waals surface area contributed by atoms with Gasteiger partial charge in [0.05, 0.1) is 7.11 Å². The average molecular weight is 385 g/mol. The SMILES string of the molecule is COc1ccccc1CN[C@@H]1CCCc2c1[nH]c1ccc(Br)cc21. The van der Waals surface area contributed by atoms with Crippen molar-refractivity contribution >= 4 is 26.8 Å². The monoisotopic (exact) mass is 384 g/mol. The first-order valence-corrected chi connectivity index (χ1v) is 9.21. The second kappa shape index (κ2) is 6.61. The Labute approximate surface area is 150 Å². The zero-order valence-corrected chi connectivity index (χ0v) is 15.3. The number of ether oxygens (including phenoxy) is 1. The lowest BCUT2D eigenvalue weighted by Crippen LogP contribution is -2.25. The van der Waals surface area contributed by atoms with Gasteiger partial charge in [-0.1, -0.05) is 34.1 Å². The highest BCUT2D eigenvalue weighted by Crippen LogP contribution is 2.36. The van der Waals surface area contributed by atoms with Crippen LogP contribution in [0.5, 0.6) is 5.75 Å². The van der Waals surface area contributed by atoms with Crippen molar-refractivity contribution in [3.05, 3.63) is 63.8 Å². The third-order valence-corrected chi connectivity index (χ3v) is 5.39. The molecule has 0 aliphatic heterocycles. The number of rotatable bonds is 4. The number of H-pyrrole nitrogens is 1. The van der Waals surface area contributed by atoms with Crippen molar-refractivity contribution in [1.29, 1.82) is 0 Å². The van der Waals surface area contributed by atoms with Crippen LogP contribution in [0.4, 0.5) is 0 Å². The van der Waals surface area contributed by atoms with Gasteiger partial charge in [-0.3, -0.25) is 0 Å². The zero-order valence-electron chi connectivity index (χ0n) is 13.7. The number of benzene rings is 2. The summed E-state index contributed by atoms with van der Waals surface area (Å²) in [6.07, 6.45) is 3.53. The van der Waals surface area contributed by atoms with Gasteiger partial charge in [0.2, 0.25) is 0 Å². The molecule has 2 N–H and O–H groups in total. The van der Waals surface area contributed by atoms with Gasteiger partial charge in [-0.05, 0) is 49.1 Å². The third-order valence-electron chi connectivity index (χ3n) is 4.90. The van der Waals surface area contributed by atoms with Gasteiger partial charge in [0.15, 0.2) is 0 Å². The summed E-state index contributed by atoms with van der Waals surface area (Å²) >= 11 is 3.59. The van der Waals surface area contributed by atoms with Crippen molar-refractivity contribution in [2.24, 2.45) is 0 Å². The molecule has 2 aromatic carbocycles. The number of halogens is 1. The summed E-state index contributed by atoms with van der Waals surface area (Å²) in [7, 11) is 1.73. The van der Waals surface area contributed by atoms with E-state index in [1.165, 1.54) is 34.1 Å². The summed E-state index contributed by atoms with van der Waals surface area (Å²) in [5, 5.41) is 5.07. The fourth-order valence-corrected chi connectivity index (χ4v) is 4.08. The molecule has 0 radical (unpaired) electrons. The highest BCUT2D eigenvalue weighted by Gasteiger charge is 2.24. The molecule has 0 unspecified atom stereocenters. The number of methoxy groups -OCH3 is 1. The lowest BCUT2D eigenvalue weighted by atomic mass is 9.91. The van der Waals surface area contributed by atoms with Crippen LogP contribution in [0, 0.1) is 0 Å². The Morgan fingerprint density at radius 1 is 1.25 bits per heavy atom. The molecule has 24 heavy (non-hydrogen) atoms. The van der Waals surface area contributed by atoms with E-state index < -0.39 is 0 Å². The smallest absolute Gasteiger partial charge is 0.123 e. The second-order valence-corrected chi connectivity index (χ2v) is 7.26. The predicted molar refractivity (Wildman–Crippen MR) is 102 cm³/mol. The minimum absolute atomic E-state index is 0.366. The number of aromatic nitrogens is 1. The summed E-state index contributed by atoms with van der Waals surface area (Å²) in [4.78, 5) is 3.64. The molecule has 0 spiro atoms. The molecule has 0 saturated heterocycles. The van der Waals surface area contributed by atoms with E-state index in [2.05, 4.69) is 56.6 Å². The second-order valence-electron chi connectivity index (χ2n) is 6.34. The number of hydrogen-bond acceptors (Lipinski definition) is 2. The molecule has 0 amide bonds. The molecule has 124 valence electrons. The van der Waals surface area contributed by atoms with Crippen LogP contribution < -0.4 is 10.1 Å². The van der Waals surface area contributed by atoms with E-state index >= 15 is 0 Å². The summed E-state index contributed by atoms with van der Waals surface area (Å²) in [5.41, 5.74) is 5.25. The van der Waals surface area contributed by atoms with E-state index in [0.29, 0.717) is 6.04 Å². The molecule has 1 heterocycles. The molecule has 4 heteroatoms. The minimum atomic E-state index is 0.366. The quantitative estimate of drug-likeness (QED) is 0.655. The highest BCUT2D eigenvalue weighted by atomic mass is 79.9. The Morgan fingerprint density at radius 3 is 3.00 bits per heavy atom. The molecule has 1 atom stereocenters. The van der Waals surface area contributed by atoms with Gasteiger partial charge in [0.25, 0.3) is 0 Å². The van der Waals surface area contributed by atoms with Crippen LogP contribution in [-0.2, 0) is 13.0 Å². The third kappa shape index (κ3) is 2.85. The number of aromatic amines is 1. The fraction of sp³-hybridized carbons (Fsp3) is 0.300. The average Bonchev–Trinajstić information content (AvgIpc) is 2.98. The Balaban J connectivity index is 1.61. The van der Waals surface area contributed by atoms with Crippen molar-refractivity contribution in [3.63, 3.8) is 0 Å². The van der Waals surface area contributed by atoms with Gasteiger partial charge in [0.1, 0.15) is 5.75 Å². The lowest BCUT2D eigenvalue weighted by molar-refractivity contribution is 0.400. The Morgan fingerprint density at radius 2 is 2.12 bits per heavy atom. The first-order chi connectivity index (χ1) is 11.8. The van der Waals surface area contributed by atoms with Gasteiger partial charge < -0.3 is 15.0 Å². The molecular weight excluding hydrogens is 364 g/mol. The van der Waals surface area contributed by atoms with Crippen LogP contribution in [-0.4, -0.2) is 12.1 Å². The van der Waals surface area contributed by atoms with E-state index in [9.17, 15) is 0 Å². The summed E-state index contributed by atoms with van der Waals surface area (Å²) in [6.45, 7) is 0.813. The normalized spacial score (nSPS) is 17.0. The van der Waals surface area contributed by atoms with Crippen LogP contribution in [0.1, 0.15) is 35.7 Å². The van der Waals surface area contributed by atoms with Gasteiger partial charge in [-0.2, -0.15) is 0 Å². The van der Waals surface area contributed by atoms with Crippen LogP contribution in [0.25, 0.3) is 10.9 Å². The number of fused-ring (bicyclic) bond motifs is 3. The van der Waals surface area contributed by atoms with E-state index in [1.807, 2.05) is 12.1 Å². The molecule has 3 aromatic rings. The molecular formula is C20H21BrN2O. The molecule has 3 nitrogen and oxygen atoms in total. The van der Waals surface area contributed by atoms with Crippen LogP contribution in [0.15, 0.2) is 46.9 Å². The molecule has 0 fully saturated rings. The van der Waals surface area contributed by atoms with Crippen molar-refractivity contribution in [3.8, 4) is 5.75 Å². The van der Waals surface area contributed by atoms with Gasteiger partial charge >= 0.3 is 0 Å². The van der Waals surface area contributed by atoms with Crippen LogP contribution >= 0.6 is 15.9 Å². The van der Waals surface area contributed by atoms with Crippen molar-refractivity contribution < 1.29 is 4.74 Å². The van der Waals surface area contributed by atoms with Gasteiger partial charge in [0, 0.05) is 39.2 Å². The van der Waals surface area contributed by atoms with Crippen molar-refractivity contribution in [2.75, 3.05) is 7.11 Å². The van der Waals surface area contributed by atoms with Gasteiger partial charge in [-0.15, -0.1) is 0 Å². The standard InChI is InChI=1S/C20H21BrN2O/c1-24-19-8-3-2-5-13(19)12-22-18-7-4-6-15-16-11-14(21)9-10-17(16)23-20(15)18/h2-3,5,8-11,18,22-23H,4,6-7,12H2,1H3/t18-/m1/s1. The van der Waals surface area contributed by atoms with Crippen LogP contribution in [0.2, 0.25) is 0 Å². The summed E-state index contributed by atoms with van der Waals surface area (Å²) < 4.78 is 6.60. The zero-order chi connectivity index (χ0) is 16.5. The van der Waals surface area contributed by atoms with Crippen molar-refractivity contribution in [1.82, 2.24) is 10.3 Å².